The van der Waals surface area contributed by atoms with Crippen LogP contribution in [-0.2, 0) is 0 Å². The molecule has 17 heavy (non-hydrogen) atoms. The standard InChI is InChI=1S/C15H24N2/c1-13-5-3-7-15(11-13)17-10-4-6-14(12-17)8-9-16-2/h3,5,7,11,14,16H,4,6,8-10,12H2,1-2H3. The van der Waals surface area contributed by atoms with Gasteiger partial charge in [0.15, 0.2) is 0 Å². The van der Waals surface area contributed by atoms with E-state index in [9.17, 15) is 0 Å². The fourth-order valence-electron chi connectivity index (χ4n) is 2.71. The third-order valence-corrected chi connectivity index (χ3v) is 3.69. The van der Waals surface area contributed by atoms with Gasteiger partial charge in [-0.2, -0.15) is 0 Å². The molecule has 0 aliphatic carbocycles. The van der Waals surface area contributed by atoms with Crippen molar-refractivity contribution < 1.29 is 0 Å². The van der Waals surface area contributed by atoms with Gasteiger partial charge in [0.2, 0.25) is 0 Å². The van der Waals surface area contributed by atoms with Crippen LogP contribution in [0.5, 0.6) is 0 Å². The van der Waals surface area contributed by atoms with Crippen LogP contribution in [0.3, 0.4) is 0 Å². The number of hydrogen-bond donors (Lipinski definition) is 1. The zero-order chi connectivity index (χ0) is 12.1. The predicted molar refractivity (Wildman–Crippen MR) is 74.7 cm³/mol. The van der Waals surface area contributed by atoms with Gasteiger partial charge in [-0.15, -0.1) is 0 Å². The lowest BCUT2D eigenvalue weighted by Crippen LogP contribution is -2.36. The molecule has 94 valence electrons. The van der Waals surface area contributed by atoms with Crippen molar-refractivity contribution in [3.05, 3.63) is 29.8 Å². The monoisotopic (exact) mass is 232 g/mol. The van der Waals surface area contributed by atoms with Gasteiger partial charge < -0.3 is 10.2 Å². The number of nitrogens with zero attached hydrogens (tertiary/aromatic N) is 1. The highest BCUT2D eigenvalue weighted by molar-refractivity contribution is 5.48. The van der Waals surface area contributed by atoms with Crippen LogP contribution in [0.2, 0.25) is 0 Å². The second kappa shape index (κ2) is 6.06. The predicted octanol–water partition coefficient (Wildman–Crippen LogP) is 2.82. The lowest BCUT2D eigenvalue weighted by Gasteiger charge is -2.34. The molecule has 0 spiro atoms. The molecule has 1 unspecified atom stereocenters. The second-order valence-corrected chi connectivity index (χ2v) is 5.19. The topological polar surface area (TPSA) is 15.3 Å². The lowest BCUT2D eigenvalue weighted by molar-refractivity contribution is 0.387. The Morgan fingerprint density at radius 3 is 3.06 bits per heavy atom. The fraction of sp³-hybridized carbons (Fsp3) is 0.600. The minimum atomic E-state index is 0.858. The third kappa shape index (κ3) is 3.47. The Balaban J connectivity index is 1.97. The van der Waals surface area contributed by atoms with Gasteiger partial charge in [0, 0.05) is 18.8 Å². The molecule has 0 saturated carbocycles. The molecule has 0 aromatic heterocycles. The maximum absolute atomic E-state index is 3.26. The Morgan fingerprint density at radius 1 is 1.41 bits per heavy atom. The summed E-state index contributed by atoms with van der Waals surface area (Å²) in [6.45, 7) is 5.77. The van der Waals surface area contributed by atoms with Gasteiger partial charge in [-0.1, -0.05) is 12.1 Å². The van der Waals surface area contributed by atoms with E-state index in [-0.39, 0.29) is 0 Å². The summed E-state index contributed by atoms with van der Waals surface area (Å²) >= 11 is 0. The molecule has 1 N–H and O–H groups in total. The molecular formula is C15H24N2. The fourth-order valence-corrected chi connectivity index (χ4v) is 2.71. The summed E-state index contributed by atoms with van der Waals surface area (Å²) in [5.41, 5.74) is 2.76. The first-order valence-corrected chi connectivity index (χ1v) is 6.76. The molecule has 1 aromatic rings. The van der Waals surface area contributed by atoms with E-state index in [1.807, 2.05) is 7.05 Å². The van der Waals surface area contributed by atoms with Crippen LogP contribution in [-0.4, -0.2) is 26.7 Å². The van der Waals surface area contributed by atoms with Gasteiger partial charge >= 0.3 is 0 Å². The molecule has 1 aliphatic rings. The molecule has 0 bridgehead atoms. The summed E-state index contributed by atoms with van der Waals surface area (Å²) < 4.78 is 0. The van der Waals surface area contributed by atoms with E-state index in [4.69, 9.17) is 0 Å². The summed E-state index contributed by atoms with van der Waals surface area (Å²) in [5, 5.41) is 3.26. The molecule has 2 nitrogen and oxygen atoms in total. The molecule has 0 radical (unpaired) electrons. The van der Waals surface area contributed by atoms with E-state index in [1.165, 1.54) is 43.6 Å². The van der Waals surface area contributed by atoms with Crippen LogP contribution in [0.15, 0.2) is 24.3 Å². The molecule has 1 fully saturated rings. The smallest absolute Gasteiger partial charge is 0.0368 e. The van der Waals surface area contributed by atoms with Crippen LogP contribution in [0.25, 0.3) is 0 Å². The van der Waals surface area contributed by atoms with Crippen molar-refractivity contribution in [3.8, 4) is 0 Å². The summed E-state index contributed by atoms with van der Waals surface area (Å²) in [6.07, 6.45) is 4.03. The number of benzene rings is 1. The number of anilines is 1. The molecule has 1 saturated heterocycles. The molecule has 2 heteroatoms. The average molecular weight is 232 g/mol. The zero-order valence-corrected chi connectivity index (χ0v) is 11.1. The molecule has 1 aromatic carbocycles. The first-order chi connectivity index (χ1) is 8.29. The van der Waals surface area contributed by atoms with Crippen LogP contribution >= 0.6 is 0 Å². The van der Waals surface area contributed by atoms with E-state index in [2.05, 4.69) is 41.4 Å². The van der Waals surface area contributed by atoms with Crippen LogP contribution in [0, 0.1) is 12.8 Å². The van der Waals surface area contributed by atoms with Crippen LogP contribution in [0.1, 0.15) is 24.8 Å². The normalized spacial score (nSPS) is 20.6. The van der Waals surface area contributed by atoms with Crippen LogP contribution < -0.4 is 10.2 Å². The molecular weight excluding hydrogens is 208 g/mol. The lowest BCUT2D eigenvalue weighted by atomic mass is 9.94. The van der Waals surface area contributed by atoms with Crippen molar-refractivity contribution in [1.29, 1.82) is 0 Å². The minimum absolute atomic E-state index is 0.858. The Bertz CT molecular complexity index is 349. The summed E-state index contributed by atoms with van der Waals surface area (Å²) in [4.78, 5) is 2.55. The van der Waals surface area contributed by atoms with Crippen molar-refractivity contribution >= 4 is 5.69 Å². The average Bonchev–Trinajstić information content (AvgIpc) is 2.37. The highest BCUT2D eigenvalue weighted by Crippen LogP contribution is 2.25. The highest BCUT2D eigenvalue weighted by Gasteiger charge is 2.19. The Labute approximate surface area is 105 Å². The van der Waals surface area contributed by atoms with Gasteiger partial charge in [0.1, 0.15) is 0 Å². The molecule has 2 rings (SSSR count). The minimum Gasteiger partial charge on any atom is -0.371 e. The maximum Gasteiger partial charge on any atom is 0.0368 e. The highest BCUT2D eigenvalue weighted by atomic mass is 15.1. The van der Waals surface area contributed by atoms with Gasteiger partial charge in [-0.25, -0.2) is 0 Å². The molecule has 1 aliphatic heterocycles. The van der Waals surface area contributed by atoms with Crippen LogP contribution in [0.4, 0.5) is 5.69 Å². The first kappa shape index (κ1) is 12.4. The number of nitrogens with one attached hydrogen (secondary N) is 1. The quantitative estimate of drug-likeness (QED) is 0.858. The second-order valence-electron chi connectivity index (χ2n) is 5.19. The van der Waals surface area contributed by atoms with Gasteiger partial charge in [-0.3, -0.25) is 0 Å². The largest absolute Gasteiger partial charge is 0.371 e. The molecule has 1 atom stereocenters. The first-order valence-electron chi connectivity index (χ1n) is 6.76. The maximum atomic E-state index is 3.26. The van der Waals surface area contributed by atoms with Crippen molar-refractivity contribution in [2.24, 2.45) is 5.92 Å². The van der Waals surface area contributed by atoms with E-state index >= 15 is 0 Å². The number of aryl methyl sites for hydroxylation is 1. The van der Waals surface area contributed by atoms with Crippen molar-refractivity contribution in [1.82, 2.24) is 5.32 Å². The molecule has 0 amide bonds. The van der Waals surface area contributed by atoms with E-state index < -0.39 is 0 Å². The van der Waals surface area contributed by atoms with Crippen molar-refractivity contribution in [2.75, 3.05) is 31.6 Å². The Hall–Kier alpha value is -1.02. The Kier molecular flexibility index (Phi) is 4.43. The summed E-state index contributed by atoms with van der Waals surface area (Å²) in [5.74, 6) is 0.858. The Morgan fingerprint density at radius 2 is 2.29 bits per heavy atom. The van der Waals surface area contributed by atoms with Crippen molar-refractivity contribution in [3.63, 3.8) is 0 Å². The SMILES string of the molecule is CNCCC1CCCN(c2cccc(C)c2)C1. The van der Waals surface area contributed by atoms with Crippen molar-refractivity contribution in [2.45, 2.75) is 26.2 Å². The van der Waals surface area contributed by atoms with Gasteiger partial charge in [-0.05, 0) is 63.4 Å². The summed E-state index contributed by atoms with van der Waals surface area (Å²) in [7, 11) is 2.04. The van der Waals surface area contributed by atoms with E-state index in [0.717, 1.165) is 12.5 Å². The summed E-state index contributed by atoms with van der Waals surface area (Å²) in [6, 6.07) is 8.89. The van der Waals surface area contributed by atoms with E-state index in [0.29, 0.717) is 0 Å². The van der Waals surface area contributed by atoms with Gasteiger partial charge in [0.05, 0.1) is 0 Å². The number of rotatable bonds is 4. The zero-order valence-electron chi connectivity index (χ0n) is 11.1. The number of hydrogen-bond acceptors (Lipinski definition) is 2. The van der Waals surface area contributed by atoms with Gasteiger partial charge in [0.25, 0.3) is 0 Å². The number of piperidine rings is 1. The molecule has 1 heterocycles. The van der Waals surface area contributed by atoms with E-state index in [1.54, 1.807) is 0 Å². The third-order valence-electron chi connectivity index (χ3n) is 3.69.